The number of carbonyl (C=O) groups is 2. The fourth-order valence-electron chi connectivity index (χ4n) is 1.78. The minimum Gasteiger partial charge on any atom is -0.480 e. The standard InChI is InChI=1S/C14H20ClN3O3/c15-10-4-3-5-11(8-10)17-9-13(19)18-12(14(20)21)6-1-2-7-16/h3-5,8,12,17H,1-2,6-7,9,16H2,(H,18,19)(H,20,21). The topological polar surface area (TPSA) is 104 Å². The Labute approximate surface area is 128 Å². The predicted octanol–water partition coefficient (Wildman–Crippen LogP) is 1.45. The average Bonchev–Trinajstić information content (AvgIpc) is 2.44. The number of amides is 1. The van der Waals surface area contributed by atoms with Crippen molar-refractivity contribution in [2.75, 3.05) is 18.4 Å². The SMILES string of the molecule is NCCCCC(NC(=O)CNc1cccc(Cl)c1)C(=O)O. The van der Waals surface area contributed by atoms with Crippen LogP contribution in [0.2, 0.25) is 5.02 Å². The van der Waals surface area contributed by atoms with Gasteiger partial charge >= 0.3 is 5.97 Å². The molecule has 21 heavy (non-hydrogen) atoms. The predicted molar refractivity (Wildman–Crippen MR) is 82.4 cm³/mol. The third-order valence-electron chi connectivity index (χ3n) is 2.86. The smallest absolute Gasteiger partial charge is 0.326 e. The van der Waals surface area contributed by atoms with Crippen molar-refractivity contribution in [3.8, 4) is 0 Å². The van der Waals surface area contributed by atoms with E-state index in [-0.39, 0.29) is 12.5 Å². The summed E-state index contributed by atoms with van der Waals surface area (Å²) in [4.78, 5) is 22.8. The Morgan fingerprint density at radius 3 is 2.71 bits per heavy atom. The van der Waals surface area contributed by atoms with E-state index in [1.54, 1.807) is 24.3 Å². The van der Waals surface area contributed by atoms with E-state index in [0.29, 0.717) is 30.1 Å². The Balaban J connectivity index is 2.41. The van der Waals surface area contributed by atoms with Gasteiger partial charge in [-0.2, -0.15) is 0 Å². The highest BCUT2D eigenvalue weighted by atomic mass is 35.5. The lowest BCUT2D eigenvalue weighted by Crippen LogP contribution is -2.43. The van der Waals surface area contributed by atoms with Gasteiger partial charge in [0.05, 0.1) is 6.54 Å². The van der Waals surface area contributed by atoms with Crippen molar-refractivity contribution in [1.29, 1.82) is 0 Å². The molecule has 7 heteroatoms. The molecule has 0 radical (unpaired) electrons. The number of nitrogens with one attached hydrogen (secondary N) is 2. The molecule has 116 valence electrons. The number of aliphatic carboxylic acids is 1. The van der Waals surface area contributed by atoms with Gasteiger partial charge in [-0.3, -0.25) is 4.79 Å². The van der Waals surface area contributed by atoms with Gasteiger partial charge in [0.1, 0.15) is 6.04 Å². The number of benzene rings is 1. The number of hydrogen-bond acceptors (Lipinski definition) is 4. The van der Waals surface area contributed by atoms with Crippen molar-refractivity contribution in [3.05, 3.63) is 29.3 Å². The molecule has 0 aliphatic rings. The average molecular weight is 314 g/mol. The summed E-state index contributed by atoms with van der Waals surface area (Å²) in [6.45, 7) is 0.498. The van der Waals surface area contributed by atoms with Crippen LogP contribution in [0, 0.1) is 0 Å². The quantitative estimate of drug-likeness (QED) is 0.517. The molecule has 6 nitrogen and oxygen atoms in total. The minimum absolute atomic E-state index is 0.0129. The maximum Gasteiger partial charge on any atom is 0.326 e. The second kappa shape index (κ2) is 9.20. The first-order valence-electron chi connectivity index (χ1n) is 6.74. The first-order chi connectivity index (χ1) is 10.0. The molecule has 1 aromatic carbocycles. The van der Waals surface area contributed by atoms with Gasteiger partial charge in [-0.1, -0.05) is 17.7 Å². The number of rotatable bonds is 9. The number of unbranched alkanes of at least 4 members (excludes halogenated alkanes) is 1. The van der Waals surface area contributed by atoms with Crippen molar-refractivity contribution in [3.63, 3.8) is 0 Å². The van der Waals surface area contributed by atoms with Gasteiger partial charge in [-0.15, -0.1) is 0 Å². The van der Waals surface area contributed by atoms with Crippen molar-refractivity contribution in [2.45, 2.75) is 25.3 Å². The lowest BCUT2D eigenvalue weighted by Gasteiger charge is -2.15. The fourth-order valence-corrected chi connectivity index (χ4v) is 1.97. The molecular weight excluding hydrogens is 294 g/mol. The molecule has 1 amide bonds. The molecule has 1 atom stereocenters. The summed E-state index contributed by atoms with van der Waals surface area (Å²) in [5.41, 5.74) is 6.06. The van der Waals surface area contributed by atoms with Gasteiger partial charge in [0, 0.05) is 10.7 Å². The van der Waals surface area contributed by atoms with E-state index < -0.39 is 12.0 Å². The lowest BCUT2D eigenvalue weighted by molar-refractivity contribution is -0.141. The summed E-state index contributed by atoms with van der Waals surface area (Å²) in [6.07, 6.45) is 1.77. The first-order valence-corrected chi connectivity index (χ1v) is 7.12. The number of hydrogen-bond donors (Lipinski definition) is 4. The zero-order valence-electron chi connectivity index (χ0n) is 11.6. The number of halogens is 1. The summed E-state index contributed by atoms with van der Waals surface area (Å²) in [5, 5.41) is 15.0. The van der Waals surface area contributed by atoms with E-state index in [0.717, 1.165) is 6.42 Å². The van der Waals surface area contributed by atoms with Crippen LogP contribution in [-0.4, -0.2) is 36.1 Å². The highest BCUT2D eigenvalue weighted by Gasteiger charge is 2.18. The monoisotopic (exact) mass is 313 g/mol. The number of nitrogens with two attached hydrogens (primary N) is 1. The normalized spacial score (nSPS) is 11.7. The van der Waals surface area contributed by atoms with Gasteiger partial charge in [-0.05, 0) is 44.0 Å². The molecule has 0 aliphatic carbocycles. The Morgan fingerprint density at radius 2 is 2.10 bits per heavy atom. The molecule has 0 heterocycles. The molecule has 0 bridgehead atoms. The van der Waals surface area contributed by atoms with E-state index in [9.17, 15) is 9.59 Å². The molecule has 0 spiro atoms. The highest BCUT2D eigenvalue weighted by Crippen LogP contribution is 2.14. The van der Waals surface area contributed by atoms with Gasteiger partial charge in [-0.25, -0.2) is 4.79 Å². The van der Waals surface area contributed by atoms with Crippen LogP contribution < -0.4 is 16.4 Å². The van der Waals surface area contributed by atoms with Crippen LogP contribution in [0.1, 0.15) is 19.3 Å². The molecule has 1 aromatic rings. The third kappa shape index (κ3) is 6.97. The summed E-state index contributed by atoms with van der Waals surface area (Å²) >= 11 is 5.83. The molecular formula is C14H20ClN3O3. The molecule has 0 aromatic heterocycles. The second-order valence-corrected chi connectivity index (χ2v) is 5.04. The number of carbonyl (C=O) groups excluding carboxylic acids is 1. The van der Waals surface area contributed by atoms with Gasteiger partial charge < -0.3 is 21.5 Å². The fraction of sp³-hybridized carbons (Fsp3) is 0.429. The van der Waals surface area contributed by atoms with Crippen molar-refractivity contribution in [2.24, 2.45) is 5.73 Å². The third-order valence-corrected chi connectivity index (χ3v) is 3.09. The van der Waals surface area contributed by atoms with E-state index in [2.05, 4.69) is 10.6 Å². The second-order valence-electron chi connectivity index (χ2n) is 4.61. The number of anilines is 1. The Kier molecular flexibility index (Phi) is 7.56. The maximum atomic E-state index is 11.8. The van der Waals surface area contributed by atoms with Gasteiger partial charge in [0.2, 0.25) is 5.91 Å². The Morgan fingerprint density at radius 1 is 1.33 bits per heavy atom. The van der Waals surface area contributed by atoms with Gasteiger partial charge in [0.25, 0.3) is 0 Å². The van der Waals surface area contributed by atoms with Crippen LogP contribution in [0.3, 0.4) is 0 Å². The maximum absolute atomic E-state index is 11.8. The number of carboxylic acids is 1. The lowest BCUT2D eigenvalue weighted by atomic mass is 10.1. The molecule has 0 aliphatic heterocycles. The first kappa shape index (κ1) is 17.3. The van der Waals surface area contributed by atoms with E-state index in [4.69, 9.17) is 22.4 Å². The zero-order valence-corrected chi connectivity index (χ0v) is 12.4. The minimum atomic E-state index is -1.04. The summed E-state index contributed by atoms with van der Waals surface area (Å²) < 4.78 is 0. The Bertz CT molecular complexity index is 482. The summed E-state index contributed by atoms with van der Waals surface area (Å²) in [5.74, 6) is -1.42. The van der Waals surface area contributed by atoms with Gasteiger partial charge in [0.15, 0.2) is 0 Å². The largest absolute Gasteiger partial charge is 0.480 e. The molecule has 1 rings (SSSR count). The summed E-state index contributed by atoms with van der Waals surface area (Å²) in [7, 11) is 0. The van der Waals surface area contributed by atoms with Crippen molar-refractivity contribution in [1.82, 2.24) is 5.32 Å². The zero-order chi connectivity index (χ0) is 15.7. The Hall–Kier alpha value is -1.79. The van der Waals surface area contributed by atoms with E-state index in [1.807, 2.05) is 0 Å². The molecule has 5 N–H and O–H groups in total. The molecule has 0 saturated heterocycles. The summed E-state index contributed by atoms with van der Waals surface area (Å²) in [6, 6.07) is 6.06. The number of carboxylic acid groups (broad SMARTS) is 1. The van der Waals surface area contributed by atoms with Crippen molar-refractivity contribution < 1.29 is 14.7 Å². The van der Waals surface area contributed by atoms with Crippen LogP contribution in [-0.2, 0) is 9.59 Å². The van der Waals surface area contributed by atoms with Crippen LogP contribution in [0.25, 0.3) is 0 Å². The molecule has 0 saturated carbocycles. The molecule has 1 unspecified atom stereocenters. The van der Waals surface area contributed by atoms with Crippen LogP contribution in [0.15, 0.2) is 24.3 Å². The van der Waals surface area contributed by atoms with Crippen LogP contribution >= 0.6 is 11.6 Å². The van der Waals surface area contributed by atoms with Crippen LogP contribution in [0.4, 0.5) is 5.69 Å². The van der Waals surface area contributed by atoms with E-state index in [1.165, 1.54) is 0 Å². The highest BCUT2D eigenvalue weighted by molar-refractivity contribution is 6.30. The molecule has 0 fully saturated rings. The van der Waals surface area contributed by atoms with E-state index >= 15 is 0 Å². The van der Waals surface area contributed by atoms with Crippen LogP contribution in [0.5, 0.6) is 0 Å². The van der Waals surface area contributed by atoms with Crippen molar-refractivity contribution >= 4 is 29.2 Å².